The van der Waals surface area contributed by atoms with Gasteiger partial charge in [-0.3, -0.25) is 0 Å². The Hall–Kier alpha value is -0.960. The molecule has 2 atom stereocenters. The van der Waals surface area contributed by atoms with Crippen LogP contribution < -0.4 is 0 Å². The van der Waals surface area contributed by atoms with Crippen LogP contribution in [0.3, 0.4) is 0 Å². The van der Waals surface area contributed by atoms with Crippen LogP contribution in [0.5, 0.6) is 0 Å². The molecule has 1 saturated carbocycles. The highest BCUT2D eigenvalue weighted by Crippen LogP contribution is 2.34. The molecule has 21 heavy (non-hydrogen) atoms. The summed E-state index contributed by atoms with van der Waals surface area (Å²) in [6.45, 7) is 0.658. The molecule has 0 radical (unpaired) electrons. The molecule has 1 saturated heterocycles. The van der Waals surface area contributed by atoms with Gasteiger partial charge in [0.05, 0.1) is 18.8 Å². The first-order chi connectivity index (χ1) is 10.0. The van der Waals surface area contributed by atoms with Crippen LogP contribution in [0.4, 0.5) is 0 Å². The number of rotatable bonds is 3. The molecule has 2 fully saturated rings. The summed E-state index contributed by atoms with van der Waals surface area (Å²) in [5.74, 6) is -1.20. The standard InChI is InChI=1S/C13H17NO5S2/c15-13(16)12-11(5-8-20-12)21(17,18)14-6-7-19-10-4-2-1-3-9(10)14/h5,8-10H,1-4,6-7H2,(H,15,16)/t9-,10-/m0/s1. The van der Waals surface area contributed by atoms with Gasteiger partial charge in [-0.05, 0) is 24.3 Å². The van der Waals surface area contributed by atoms with E-state index in [-0.39, 0.29) is 21.9 Å². The fourth-order valence-corrected chi connectivity index (χ4v) is 6.04. The second-order valence-electron chi connectivity index (χ2n) is 5.30. The van der Waals surface area contributed by atoms with Gasteiger partial charge in [0.15, 0.2) is 0 Å². The van der Waals surface area contributed by atoms with E-state index >= 15 is 0 Å². The van der Waals surface area contributed by atoms with Crippen molar-refractivity contribution in [3.8, 4) is 0 Å². The summed E-state index contributed by atoms with van der Waals surface area (Å²) in [6, 6.07) is 1.22. The van der Waals surface area contributed by atoms with Crippen molar-refractivity contribution in [2.45, 2.75) is 42.7 Å². The fourth-order valence-electron chi connectivity index (χ4n) is 3.14. The van der Waals surface area contributed by atoms with Gasteiger partial charge in [0.25, 0.3) is 0 Å². The Morgan fingerprint density at radius 2 is 2.14 bits per heavy atom. The number of fused-ring (bicyclic) bond motifs is 1. The van der Waals surface area contributed by atoms with Crippen molar-refractivity contribution in [1.29, 1.82) is 0 Å². The zero-order chi connectivity index (χ0) is 15.0. The second-order valence-corrected chi connectivity index (χ2v) is 8.07. The number of sulfonamides is 1. The maximum atomic E-state index is 12.8. The molecule has 0 aromatic carbocycles. The molecule has 2 heterocycles. The molecule has 0 amide bonds. The molecule has 6 nitrogen and oxygen atoms in total. The summed E-state index contributed by atoms with van der Waals surface area (Å²) < 4.78 is 32.8. The minimum absolute atomic E-state index is 0.0609. The quantitative estimate of drug-likeness (QED) is 0.913. The minimum atomic E-state index is -3.78. The van der Waals surface area contributed by atoms with E-state index in [1.807, 2.05) is 0 Å². The monoisotopic (exact) mass is 331 g/mol. The Bertz CT molecular complexity index is 637. The van der Waals surface area contributed by atoms with Crippen LogP contribution in [-0.2, 0) is 14.8 Å². The number of carbonyl (C=O) groups is 1. The number of ether oxygens (including phenoxy) is 1. The number of nitrogens with zero attached hydrogens (tertiary/aromatic N) is 1. The normalized spacial score (nSPS) is 27.2. The lowest BCUT2D eigenvalue weighted by atomic mass is 9.91. The molecule has 0 bridgehead atoms. The molecule has 1 aromatic rings. The maximum absolute atomic E-state index is 12.8. The highest BCUT2D eigenvalue weighted by atomic mass is 32.2. The third-order valence-corrected chi connectivity index (χ3v) is 7.09. The van der Waals surface area contributed by atoms with Crippen molar-refractivity contribution in [3.05, 3.63) is 16.3 Å². The van der Waals surface area contributed by atoms with Crippen molar-refractivity contribution in [3.63, 3.8) is 0 Å². The minimum Gasteiger partial charge on any atom is -0.477 e. The van der Waals surface area contributed by atoms with Crippen LogP contribution in [0.2, 0.25) is 0 Å². The van der Waals surface area contributed by atoms with Gasteiger partial charge in [-0.15, -0.1) is 11.3 Å². The Balaban J connectivity index is 1.97. The summed E-state index contributed by atoms with van der Waals surface area (Å²) in [6.07, 6.45) is 3.61. The van der Waals surface area contributed by atoms with Crippen LogP contribution in [0, 0.1) is 0 Å². The molecule has 1 N–H and O–H groups in total. The van der Waals surface area contributed by atoms with Gasteiger partial charge in [-0.2, -0.15) is 4.31 Å². The van der Waals surface area contributed by atoms with E-state index < -0.39 is 16.0 Å². The molecule has 1 aliphatic heterocycles. The predicted octanol–water partition coefficient (Wildman–Crippen LogP) is 1.78. The summed E-state index contributed by atoms with van der Waals surface area (Å²) >= 11 is 0.941. The molecule has 0 unspecified atom stereocenters. The van der Waals surface area contributed by atoms with E-state index in [9.17, 15) is 13.2 Å². The zero-order valence-corrected chi connectivity index (χ0v) is 13.0. The highest BCUT2D eigenvalue weighted by Gasteiger charge is 2.42. The number of carboxylic acids is 1. The van der Waals surface area contributed by atoms with E-state index in [1.54, 1.807) is 0 Å². The van der Waals surface area contributed by atoms with Crippen LogP contribution in [-0.4, -0.2) is 49.1 Å². The third kappa shape index (κ3) is 2.61. The number of aromatic carboxylic acids is 1. The smallest absolute Gasteiger partial charge is 0.347 e. The predicted molar refractivity (Wildman–Crippen MR) is 77.2 cm³/mol. The maximum Gasteiger partial charge on any atom is 0.347 e. The van der Waals surface area contributed by atoms with E-state index in [0.717, 1.165) is 37.0 Å². The van der Waals surface area contributed by atoms with E-state index in [1.165, 1.54) is 15.8 Å². The lowest BCUT2D eigenvalue weighted by Crippen LogP contribution is -2.54. The fraction of sp³-hybridized carbons (Fsp3) is 0.615. The van der Waals surface area contributed by atoms with Crippen LogP contribution >= 0.6 is 11.3 Å². The summed E-state index contributed by atoms with van der Waals surface area (Å²) in [5.41, 5.74) is 0. The lowest BCUT2D eigenvalue weighted by molar-refractivity contribution is -0.0586. The summed E-state index contributed by atoms with van der Waals surface area (Å²) in [4.78, 5) is 11.0. The SMILES string of the molecule is O=C(O)c1sccc1S(=O)(=O)N1CCO[C@H]2CCCC[C@@H]21. The van der Waals surface area contributed by atoms with Gasteiger partial charge in [-0.25, -0.2) is 13.2 Å². The van der Waals surface area contributed by atoms with Crippen LogP contribution in [0.1, 0.15) is 35.4 Å². The number of morpholine rings is 1. The van der Waals surface area contributed by atoms with Crippen molar-refractivity contribution in [2.75, 3.05) is 13.2 Å². The van der Waals surface area contributed by atoms with Crippen molar-refractivity contribution < 1.29 is 23.1 Å². The van der Waals surface area contributed by atoms with Gasteiger partial charge >= 0.3 is 5.97 Å². The number of carboxylic acid groups (broad SMARTS) is 1. The molecular formula is C13H17NO5S2. The summed E-state index contributed by atoms with van der Waals surface area (Å²) in [5, 5.41) is 10.7. The average Bonchev–Trinajstić information content (AvgIpc) is 2.97. The van der Waals surface area contributed by atoms with Crippen molar-refractivity contribution in [1.82, 2.24) is 4.31 Å². The van der Waals surface area contributed by atoms with E-state index in [0.29, 0.717) is 13.2 Å². The molecule has 1 aliphatic carbocycles. The summed E-state index contributed by atoms with van der Waals surface area (Å²) in [7, 11) is -3.78. The first-order valence-electron chi connectivity index (χ1n) is 6.96. The van der Waals surface area contributed by atoms with Gasteiger partial charge in [0.2, 0.25) is 10.0 Å². The third-order valence-electron chi connectivity index (χ3n) is 4.09. The molecule has 1 aromatic heterocycles. The zero-order valence-electron chi connectivity index (χ0n) is 11.4. The Labute approximate surface area is 127 Å². The van der Waals surface area contributed by atoms with E-state index in [4.69, 9.17) is 9.84 Å². The first-order valence-corrected chi connectivity index (χ1v) is 9.28. The van der Waals surface area contributed by atoms with Gasteiger partial charge < -0.3 is 9.84 Å². The number of hydrogen-bond donors (Lipinski definition) is 1. The largest absolute Gasteiger partial charge is 0.477 e. The molecule has 2 aliphatic rings. The molecule has 8 heteroatoms. The molecule has 116 valence electrons. The van der Waals surface area contributed by atoms with E-state index in [2.05, 4.69) is 0 Å². The van der Waals surface area contributed by atoms with Crippen molar-refractivity contribution in [2.24, 2.45) is 0 Å². The average molecular weight is 331 g/mol. The topological polar surface area (TPSA) is 83.9 Å². The lowest BCUT2D eigenvalue weighted by Gasteiger charge is -2.42. The Kier molecular flexibility index (Phi) is 4.04. The van der Waals surface area contributed by atoms with Gasteiger partial charge in [0.1, 0.15) is 9.77 Å². The first kappa shape index (κ1) is 15.0. The van der Waals surface area contributed by atoms with Crippen LogP contribution in [0.25, 0.3) is 0 Å². The Morgan fingerprint density at radius 1 is 1.38 bits per heavy atom. The van der Waals surface area contributed by atoms with Crippen molar-refractivity contribution >= 4 is 27.3 Å². The molecular weight excluding hydrogens is 314 g/mol. The second kappa shape index (κ2) is 5.68. The molecule has 0 spiro atoms. The highest BCUT2D eigenvalue weighted by molar-refractivity contribution is 7.89. The number of hydrogen-bond acceptors (Lipinski definition) is 5. The van der Waals surface area contributed by atoms with Crippen LogP contribution in [0.15, 0.2) is 16.3 Å². The van der Waals surface area contributed by atoms with Gasteiger partial charge in [-0.1, -0.05) is 12.8 Å². The Morgan fingerprint density at radius 3 is 2.90 bits per heavy atom. The van der Waals surface area contributed by atoms with Gasteiger partial charge in [0, 0.05) is 6.54 Å². The number of thiophene rings is 1. The molecule has 3 rings (SSSR count).